The fourth-order valence-electron chi connectivity index (χ4n) is 4.54. The van der Waals surface area contributed by atoms with Crippen molar-refractivity contribution >= 4 is 11.9 Å². The van der Waals surface area contributed by atoms with Gasteiger partial charge in [0.25, 0.3) is 0 Å². The Balaban J connectivity index is 1.68. The van der Waals surface area contributed by atoms with Crippen LogP contribution < -0.4 is 5.11 Å². The maximum atomic E-state index is 11.6. The Hall–Kier alpha value is -1.32. The van der Waals surface area contributed by atoms with Crippen LogP contribution >= 0.6 is 0 Å². The minimum atomic E-state index is -1.36. The molecule has 0 heterocycles. The normalized spacial score (nSPS) is 41.2. The molecule has 4 bridgehead atoms. The number of rotatable bonds is 3. The lowest BCUT2D eigenvalue weighted by Crippen LogP contribution is -2.52. The third kappa shape index (κ3) is 2.16. The predicted octanol–water partition coefficient (Wildman–Crippen LogP) is 0.804. The van der Waals surface area contributed by atoms with E-state index in [2.05, 4.69) is 0 Å². The van der Waals surface area contributed by atoms with Crippen molar-refractivity contribution in [3.8, 4) is 0 Å². The van der Waals surface area contributed by atoms with Gasteiger partial charge in [-0.2, -0.15) is 0 Å². The molecule has 0 unspecified atom stereocenters. The second-order valence-electron chi connectivity index (χ2n) is 6.17. The van der Waals surface area contributed by atoms with Crippen LogP contribution in [0, 0.1) is 17.8 Å². The monoisotopic (exact) mass is 249 g/mol. The SMILES string of the molecule is O=C([O-])/C=C\C(=O)OC12CC3CC(CC(C3)C1)C2. The van der Waals surface area contributed by atoms with E-state index >= 15 is 0 Å². The molecule has 4 fully saturated rings. The summed E-state index contributed by atoms with van der Waals surface area (Å²) in [5, 5.41) is 10.3. The molecule has 0 aromatic rings. The minimum absolute atomic E-state index is 0.303. The zero-order chi connectivity index (χ0) is 12.8. The summed E-state index contributed by atoms with van der Waals surface area (Å²) in [5.41, 5.74) is -0.303. The van der Waals surface area contributed by atoms with E-state index in [4.69, 9.17) is 4.74 Å². The van der Waals surface area contributed by atoms with Crippen LogP contribution in [0.3, 0.4) is 0 Å². The first-order valence-corrected chi connectivity index (χ1v) is 6.67. The lowest BCUT2D eigenvalue weighted by Gasteiger charge is -2.55. The summed E-state index contributed by atoms with van der Waals surface area (Å²) in [6.45, 7) is 0. The fraction of sp³-hybridized carbons (Fsp3) is 0.714. The van der Waals surface area contributed by atoms with Gasteiger partial charge in [-0.05, 0) is 62.4 Å². The van der Waals surface area contributed by atoms with Gasteiger partial charge in [0.05, 0.1) is 5.97 Å². The van der Waals surface area contributed by atoms with E-state index in [9.17, 15) is 14.7 Å². The number of aliphatic carboxylic acids is 1. The van der Waals surface area contributed by atoms with Crippen LogP contribution in [-0.4, -0.2) is 17.5 Å². The molecule has 18 heavy (non-hydrogen) atoms. The zero-order valence-electron chi connectivity index (χ0n) is 10.3. The molecule has 4 nitrogen and oxygen atoms in total. The highest BCUT2D eigenvalue weighted by Crippen LogP contribution is 2.57. The van der Waals surface area contributed by atoms with E-state index in [1.165, 1.54) is 19.3 Å². The standard InChI is InChI=1S/C14H18O4/c15-12(16)1-2-13(17)18-14-6-9-3-10(7-14)5-11(4-9)8-14/h1-2,9-11H,3-8H2,(H,15,16)/p-1/b2-1-. The molecule has 0 amide bonds. The van der Waals surface area contributed by atoms with E-state index in [1.807, 2.05) is 0 Å². The molecule has 0 radical (unpaired) electrons. The van der Waals surface area contributed by atoms with Crippen LogP contribution in [0.4, 0.5) is 0 Å². The number of carbonyl (C=O) groups excluding carboxylic acids is 2. The molecule has 0 atom stereocenters. The van der Waals surface area contributed by atoms with Gasteiger partial charge in [0.15, 0.2) is 0 Å². The van der Waals surface area contributed by atoms with Gasteiger partial charge in [0.2, 0.25) is 0 Å². The van der Waals surface area contributed by atoms with E-state index in [1.54, 1.807) is 0 Å². The second kappa shape index (κ2) is 4.11. The quantitative estimate of drug-likeness (QED) is 0.548. The number of hydrogen-bond acceptors (Lipinski definition) is 4. The highest BCUT2D eigenvalue weighted by molar-refractivity contribution is 5.90. The third-order valence-electron chi connectivity index (χ3n) is 4.65. The predicted molar refractivity (Wildman–Crippen MR) is 61.1 cm³/mol. The van der Waals surface area contributed by atoms with E-state index in [-0.39, 0.29) is 5.60 Å². The topological polar surface area (TPSA) is 66.4 Å². The van der Waals surface area contributed by atoms with Gasteiger partial charge in [-0.15, -0.1) is 0 Å². The molecule has 0 N–H and O–H groups in total. The summed E-state index contributed by atoms with van der Waals surface area (Å²) in [6.07, 6.45) is 8.44. The molecule has 4 aliphatic carbocycles. The van der Waals surface area contributed by atoms with Crippen LogP contribution in [0.2, 0.25) is 0 Å². The molecule has 4 rings (SSSR count). The highest BCUT2D eigenvalue weighted by Gasteiger charge is 2.52. The summed E-state index contributed by atoms with van der Waals surface area (Å²) >= 11 is 0. The maximum Gasteiger partial charge on any atom is 0.331 e. The second-order valence-corrected chi connectivity index (χ2v) is 6.17. The number of esters is 1. The minimum Gasteiger partial charge on any atom is -0.545 e. The lowest BCUT2D eigenvalue weighted by atomic mass is 9.54. The molecule has 0 aromatic heterocycles. The van der Waals surface area contributed by atoms with Crippen LogP contribution in [0.15, 0.2) is 12.2 Å². The Morgan fingerprint density at radius 2 is 1.50 bits per heavy atom. The number of hydrogen-bond donors (Lipinski definition) is 0. The molecular weight excluding hydrogens is 232 g/mol. The van der Waals surface area contributed by atoms with Crippen molar-refractivity contribution in [2.24, 2.45) is 17.8 Å². The summed E-state index contributed by atoms with van der Waals surface area (Å²) in [5.74, 6) is 0.205. The smallest absolute Gasteiger partial charge is 0.331 e. The molecule has 0 spiro atoms. The van der Waals surface area contributed by atoms with Crippen LogP contribution in [0.5, 0.6) is 0 Å². The third-order valence-corrected chi connectivity index (χ3v) is 4.65. The largest absolute Gasteiger partial charge is 0.545 e. The van der Waals surface area contributed by atoms with Crippen LogP contribution in [-0.2, 0) is 14.3 Å². The van der Waals surface area contributed by atoms with E-state index in [0.717, 1.165) is 31.4 Å². The average molecular weight is 249 g/mol. The van der Waals surface area contributed by atoms with Crippen molar-refractivity contribution in [1.82, 2.24) is 0 Å². The summed E-state index contributed by atoms with van der Waals surface area (Å²) in [4.78, 5) is 21.9. The van der Waals surface area contributed by atoms with Gasteiger partial charge in [-0.1, -0.05) is 0 Å². The van der Waals surface area contributed by atoms with Crippen molar-refractivity contribution in [1.29, 1.82) is 0 Å². The van der Waals surface area contributed by atoms with Crippen molar-refractivity contribution < 1.29 is 19.4 Å². The van der Waals surface area contributed by atoms with Crippen molar-refractivity contribution in [3.05, 3.63) is 12.2 Å². The summed E-state index contributed by atoms with van der Waals surface area (Å²) < 4.78 is 5.58. The van der Waals surface area contributed by atoms with Crippen molar-refractivity contribution in [3.63, 3.8) is 0 Å². The number of carboxylic acid groups (broad SMARTS) is 1. The first-order valence-electron chi connectivity index (χ1n) is 6.67. The first kappa shape index (κ1) is 11.8. The van der Waals surface area contributed by atoms with Gasteiger partial charge in [-0.3, -0.25) is 0 Å². The fourth-order valence-corrected chi connectivity index (χ4v) is 4.54. The van der Waals surface area contributed by atoms with Gasteiger partial charge < -0.3 is 14.6 Å². The van der Waals surface area contributed by atoms with Gasteiger partial charge in [-0.25, -0.2) is 4.79 Å². The van der Waals surface area contributed by atoms with Gasteiger partial charge in [0, 0.05) is 6.08 Å². The Kier molecular flexibility index (Phi) is 2.68. The Morgan fingerprint density at radius 3 is 1.94 bits per heavy atom. The molecule has 0 aliphatic heterocycles. The highest BCUT2D eigenvalue weighted by atomic mass is 16.6. The van der Waals surface area contributed by atoms with Crippen molar-refractivity contribution in [2.45, 2.75) is 44.1 Å². The maximum absolute atomic E-state index is 11.6. The number of carboxylic acids is 1. The van der Waals surface area contributed by atoms with E-state index in [0.29, 0.717) is 17.8 Å². The zero-order valence-corrected chi connectivity index (χ0v) is 10.3. The molecule has 0 aromatic carbocycles. The summed E-state index contributed by atoms with van der Waals surface area (Å²) in [6, 6.07) is 0. The molecule has 98 valence electrons. The first-order chi connectivity index (χ1) is 8.55. The van der Waals surface area contributed by atoms with Gasteiger partial charge in [0.1, 0.15) is 5.60 Å². The summed E-state index contributed by atoms with van der Waals surface area (Å²) in [7, 11) is 0. The Morgan fingerprint density at radius 1 is 1.00 bits per heavy atom. The average Bonchev–Trinajstić information content (AvgIpc) is 2.23. The van der Waals surface area contributed by atoms with Gasteiger partial charge >= 0.3 is 5.97 Å². The number of ether oxygens (including phenoxy) is 1. The van der Waals surface area contributed by atoms with Crippen LogP contribution in [0.1, 0.15) is 38.5 Å². The molecule has 0 saturated heterocycles. The van der Waals surface area contributed by atoms with E-state index < -0.39 is 11.9 Å². The molecule has 4 saturated carbocycles. The van der Waals surface area contributed by atoms with Crippen molar-refractivity contribution in [2.75, 3.05) is 0 Å². The molecule has 4 heteroatoms. The lowest BCUT2D eigenvalue weighted by molar-refractivity contribution is -0.297. The number of carbonyl (C=O) groups is 2. The molecule has 4 aliphatic rings. The Bertz CT molecular complexity index is 375. The Labute approximate surface area is 106 Å². The molecular formula is C14H17O4-. The van der Waals surface area contributed by atoms with Crippen LogP contribution in [0.25, 0.3) is 0 Å².